The van der Waals surface area contributed by atoms with E-state index in [0.717, 1.165) is 0 Å². The molecule has 0 aliphatic carbocycles. The number of para-hydroxylation sites is 1. The normalized spacial score (nSPS) is 14.1. The van der Waals surface area contributed by atoms with Gasteiger partial charge in [0.2, 0.25) is 26.0 Å². The lowest BCUT2D eigenvalue weighted by molar-refractivity contribution is 0.573. The molecule has 33 heavy (non-hydrogen) atoms. The molecule has 1 aromatic heterocycles. The molecule has 174 valence electrons. The predicted octanol–water partition coefficient (Wildman–Crippen LogP) is 0.326. The van der Waals surface area contributed by atoms with Gasteiger partial charge in [0, 0.05) is 25.7 Å². The van der Waals surface area contributed by atoms with Gasteiger partial charge in [-0.15, -0.1) is 5.11 Å². The number of nitrogens with one attached hydrogen (secondary N) is 3. The Morgan fingerprint density at radius 1 is 1.12 bits per heavy atom. The van der Waals surface area contributed by atoms with E-state index >= 15 is 0 Å². The highest BCUT2D eigenvalue weighted by atomic mass is 32.2. The molecule has 0 spiro atoms. The second-order valence-corrected chi connectivity index (χ2v) is 10.2. The van der Waals surface area contributed by atoms with Crippen molar-refractivity contribution in [1.29, 1.82) is 0 Å². The van der Waals surface area contributed by atoms with Crippen LogP contribution in [0.3, 0.4) is 0 Å². The zero-order valence-electron chi connectivity index (χ0n) is 17.4. The standard InChI is InChI=1S/C18H21N9O4S2/c1-21-18-25-12-4-2-3-11(15(12)26-18)10-5-6-13(33(30,31)24-8-7-19)16(32(20,28)29)14(10)17-22-9-23-27-17/h2-6,24H,7-9,19H2,1H3,(H2,20,28,29)(H2,21,25,26). The fourth-order valence-corrected chi connectivity index (χ4v) is 6.15. The Kier molecular flexibility index (Phi) is 5.98. The van der Waals surface area contributed by atoms with Crippen LogP contribution in [0, 0.1) is 0 Å². The first kappa shape index (κ1) is 22.9. The van der Waals surface area contributed by atoms with E-state index in [2.05, 4.69) is 35.2 Å². The number of amidine groups is 1. The van der Waals surface area contributed by atoms with Crippen molar-refractivity contribution in [2.75, 3.05) is 32.1 Å². The maximum Gasteiger partial charge on any atom is 0.241 e. The van der Waals surface area contributed by atoms with Gasteiger partial charge in [-0.05, 0) is 17.7 Å². The quantitative estimate of drug-likeness (QED) is 0.297. The van der Waals surface area contributed by atoms with E-state index in [1.165, 1.54) is 12.1 Å². The van der Waals surface area contributed by atoms with Gasteiger partial charge in [-0.3, -0.25) is 0 Å². The zero-order valence-corrected chi connectivity index (χ0v) is 19.0. The first-order valence-electron chi connectivity index (χ1n) is 9.66. The van der Waals surface area contributed by atoms with Gasteiger partial charge in [0.1, 0.15) is 9.79 Å². The van der Waals surface area contributed by atoms with Crippen molar-refractivity contribution >= 4 is 42.9 Å². The number of aliphatic imine (C=N–C) groups is 1. The van der Waals surface area contributed by atoms with E-state index in [4.69, 9.17) is 10.9 Å². The van der Waals surface area contributed by atoms with E-state index in [0.29, 0.717) is 28.1 Å². The molecular weight excluding hydrogens is 470 g/mol. The van der Waals surface area contributed by atoms with Crippen molar-refractivity contribution in [3.05, 3.63) is 35.9 Å². The number of rotatable bonds is 8. The molecule has 0 amide bonds. The summed E-state index contributed by atoms with van der Waals surface area (Å²) in [7, 11) is -7.15. The molecule has 15 heteroatoms. The molecule has 13 nitrogen and oxygen atoms in total. The molecule has 0 fully saturated rings. The summed E-state index contributed by atoms with van der Waals surface area (Å²) in [6.45, 7) is -0.105. The molecule has 1 aliphatic heterocycles. The number of H-pyrrole nitrogens is 1. The fraction of sp³-hybridized carbons (Fsp3) is 0.222. The number of anilines is 1. The van der Waals surface area contributed by atoms with E-state index < -0.39 is 29.8 Å². The summed E-state index contributed by atoms with van der Waals surface area (Å²) in [4.78, 5) is 10.6. The summed E-state index contributed by atoms with van der Waals surface area (Å²) >= 11 is 0. The molecule has 0 bridgehead atoms. The average molecular weight is 492 g/mol. The Morgan fingerprint density at radius 2 is 1.91 bits per heavy atom. The monoisotopic (exact) mass is 491 g/mol. The number of imidazole rings is 1. The number of aromatic amines is 1. The summed E-state index contributed by atoms with van der Waals surface area (Å²) in [5.41, 5.74) is 7.38. The number of azo groups is 1. The number of primary sulfonamides is 1. The molecule has 0 saturated carbocycles. The molecule has 0 atom stereocenters. The number of aromatic nitrogens is 2. The molecule has 2 heterocycles. The first-order chi connectivity index (χ1) is 15.7. The third kappa shape index (κ3) is 4.23. The summed E-state index contributed by atoms with van der Waals surface area (Å²) in [5, 5.41) is 16.2. The van der Waals surface area contributed by atoms with Crippen LogP contribution in [0.25, 0.3) is 22.2 Å². The number of hydrogen-bond acceptors (Lipinski definition) is 10. The molecule has 1 aliphatic rings. The summed E-state index contributed by atoms with van der Waals surface area (Å²) in [5.74, 6) is 0.444. The van der Waals surface area contributed by atoms with Crippen LogP contribution in [-0.2, 0) is 20.0 Å². The van der Waals surface area contributed by atoms with Crippen LogP contribution < -0.4 is 20.9 Å². The van der Waals surface area contributed by atoms with Gasteiger partial charge in [-0.25, -0.2) is 36.7 Å². The molecule has 3 aromatic rings. The van der Waals surface area contributed by atoms with Crippen LogP contribution >= 0.6 is 0 Å². The first-order valence-corrected chi connectivity index (χ1v) is 12.7. The van der Waals surface area contributed by atoms with Crippen LogP contribution in [0.4, 0.5) is 5.95 Å². The van der Waals surface area contributed by atoms with E-state index in [1.54, 1.807) is 25.2 Å². The van der Waals surface area contributed by atoms with Crippen molar-refractivity contribution in [3.63, 3.8) is 0 Å². The molecule has 2 aromatic carbocycles. The van der Waals surface area contributed by atoms with Crippen LogP contribution in [0.5, 0.6) is 0 Å². The van der Waals surface area contributed by atoms with Crippen LogP contribution in [0.2, 0.25) is 0 Å². The minimum Gasteiger partial charge on any atom is -0.359 e. The lowest BCUT2D eigenvalue weighted by Crippen LogP contribution is -2.31. The zero-order chi connectivity index (χ0) is 23.8. The van der Waals surface area contributed by atoms with Gasteiger partial charge in [-0.1, -0.05) is 18.2 Å². The molecule has 0 saturated heterocycles. The number of nitrogens with two attached hydrogens (primary N) is 2. The maximum atomic E-state index is 12.9. The van der Waals surface area contributed by atoms with Gasteiger partial charge in [0.15, 0.2) is 12.5 Å². The lowest BCUT2D eigenvalue weighted by Gasteiger charge is -2.17. The third-order valence-corrected chi connectivity index (χ3v) is 7.47. The number of fused-ring (bicyclic) bond motifs is 1. The lowest BCUT2D eigenvalue weighted by atomic mass is 9.97. The minimum atomic E-state index is -4.57. The Balaban J connectivity index is 2.11. The fourth-order valence-electron chi connectivity index (χ4n) is 3.50. The molecule has 0 radical (unpaired) electrons. The Bertz CT molecular complexity index is 1510. The largest absolute Gasteiger partial charge is 0.359 e. The number of hydrogen-bond donors (Lipinski definition) is 5. The van der Waals surface area contributed by atoms with Gasteiger partial charge >= 0.3 is 0 Å². The predicted molar refractivity (Wildman–Crippen MR) is 123 cm³/mol. The molecule has 4 rings (SSSR count). The van der Waals surface area contributed by atoms with Crippen molar-refractivity contribution in [2.24, 2.45) is 26.1 Å². The van der Waals surface area contributed by atoms with E-state index in [1.807, 2.05) is 0 Å². The highest BCUT2D eigenvalue weighted by molar-refractivity contribution is 7.92. The highest BCUT2D eigenvalue weighted by Crippen LogP contribution is 2.37. The number of sulfonamides is 2. The Morgan fingerprint density at radius 3 is 2.55 bits per heavy atom. The molecular formula is C18H21N9O4S2. The third-order valence-electron chi connectivity index (χ3n) is 4.84. The van der Waals surface area contributed by atoms with Crippen molar-refractivity contribution in [2.45, 2.75) is 9.79 Å². The average Bonchev–Trinajstić information content (AvgIpc) is 3.45. The van der Waals surface area contributed by atoms with Crippen molar-refractivity contribution in [3.8, 4) is 11.1 Å². The number of nitrogens with zero attached hydrogens (tertiary/aromatic N) is 4. The smallest absolute Gasteiger partial charge is 0.241 e. The van der Waals surface area contributed by atoms with Gasteiger partial charge < -0.3 is 16.0 Å². The van der Waals surface area contributed by atoms with Crippen molar-refractivity contribution in [1.82, 2.24) is 14.7 Å². The van der Waals surface area contributed by atoms with Crippen molar-refractivity contribution < 1.29 is 16.8 Å². The Labute approximate surface area is 189 Å². The maximum absolute atomic E-state index is 12.9. The second kappa shape index (κ2) is 8.60. The summed E-state index contributed by atoms with van der Waals surface area (Å²) < 4.78 is 53.6. The Hall–Kier alpha value is -3.24. The SMILES string of the molecule is CNc1nc2c(-c3ccc(S(=O)(=O)NCCN)c(S(N)(=O)=O)c3C3=NCN=N3)cccc2[nH]1. The molecule has 7 N–H and O–H groups in total. The minimum absolute atomic E-state index is 0.0186. The van der Waals surface area contributed by atoms with E-state index in [9.17, 15) is 16.8 Å². The molecule has 0 unspecified atom stereocenters. The number of benzene rings is 2. The van der Waals surface area contributed by atoms with Gasteiger partial charge in [0.05, 0.1) is 16.6 Å². The van der Waals surface area contributed by atoms with Gasteiger partial charge in [0.25, 0.3) is 0 Å². The highest BCUT2D eigenvalue weighted by Gasteiger charge is 2.33. The second-order valence-electron chi connectivity index (χ2n) is 6.95. The van der Waals surface area contributed by atoms with Gasteiger partial charge in [-0.2, -0.15) is 5.11 Å². The van der Waals surface area contributed by atoms with Crippen LogP contribution in [-0.4, -0.2) is 59.4 Å². The van der Waals surface area contributed by atoms with Crippen LogP contribution in [0.1, 0.15) is 5.56 Å². The topological polar surface area (TPSA) is 210 Å². The van der Waals surface area contributed by atoms with E-state index in [-0.39, 0.29) is 31.2 Å². The summed E-state index contributed by atoms with van der Waals surface area (Å²) in [6.07, 6.45) is 0. The summed E-state index contributed by atoms with van der Waals surface area (Å²) in [6, 6.07) is 7.92. The van der Waals surface area contributed by atoms with Crippen LogP contribution in [0.15, 0.2) is 55.3 Å².